The molecule has 116 valence electrons. The van der Waals surface area contributed by atoms with Crippen molar-refractivity contribution >= 4 is 23.0 Å². The Labute approximate surface area is 136 Å². The Hall–Kier alpha value is -2.86. The Morgan fingerprint density at radius 3 is 2.43 bits per heavy atom. The number of anilines is 2. The van der Waals surface area contributed by atoms with Crippen molar-refractivity contribution in [3.63, 3.8) is 0 Å². The van der Waals surface area contributed by atoms with Crippen LogP contribution in [-0.2, 0) is 0 Å². The summed E-state index contributed by atoms with van der Waals surface area (Å²) in [5.74, 6) is 0.0996. The molecule has 3 aromatic rings. The summed E-state index contributed by atoms with van der Waals surface area (Å²) >= 11 is 5.73. The van der Waals surface area contributed by atoms with Gasteiger partial charge < -0.3 is 16.2 Å². The second kappa shape index (κ2) is 6.10. The first-order chi connectivity index (χ1) is 11.0. The van der Waals surface area contributed by atoms with Gasteiger partial charge in [0.25, 0.3) is 0 Å². The van der Waals surface area contributed by atoms with Crippen molar-refractivity contribution in [1.82, 2.24) is 9.97 Å². The minimum atomic E-state index is -0.521. The molecule has 1 aromatic heterocycles. The van der Waals surface area contributed by atoms with Gasteiger partial charge in [0, 0.05) is 29.1 Å². The molecule has 0 saturated heterocycles. The number of nitrogen functional groups attached to an aromatic ring is 2. The maximum absolute atomic E-state index is 13.2. The quantitative estimate of drug-likeness (QED) is 0.711. The van der Waals surface area contributed by atoms with Gasteiger partial charge >= 0.3 is 0 Å². The summed E-state index contributed by atoms with van der Waals surface area (Å²) in [4.78, 5) is 8.19. The third-order valence-electron chi connectivity index (χ3n) is 3.14. The van der Waals surface area contributed by atoms with E-state index in [9.17, 15) is 4.39 Å². The molecule has 0 aliphatic rings. The van der Waals surface area contributed by atoms with Crippen LogP contribution in [0.4, 0.5) is 15.8 Å². The standard InChI is InChI=1S/C16H12ClFN4O/c17-10-6-9(4-5-11(10)18)23-15-7-14(21-8-22-15)16-12(19)2-1-3-13(16)20/h1-8H,19-20H2. The lowest BCUT2D eigenvalue weighted by molar-refractivity contribution is 0.460. The Balaban J connectivity index is 1.95. The maximum atomic E-state index is 13.2. The van der Waals surface area contributed by atoms with Crippen molar-refractivity contribution in [1.29, 1.82) is 0 Å². The normalized spacial score (nSPS) is 10.5. The molecule has 3 rings (SSSR count). The summed E-state index contributed by atoms with van der Waals surface area (Å²) in [5.41, 5.74) is 14.0. The molecule has 0 aliphatic carbocycles. The van der Waals surface area contributed by atoms with E-state index in [-0.39, 0.29) is 10.9 Å². The number of halogens is 2. The predicted molar refractivity (Wildman–Crippen MR) is 87.8 cm³/mol. The van der Waals surface area contributed by atoms with Crippen LogP contribution in [0.25, 0.3) is 11.3 Å². The molecular formula is C16H12ClFN4O. The van der Waals surface area contributed by atoms with Gasteiger partial charge in [0.15, 0.2) is 0 Å². The van der Waals surface area contributed by atoms with Gasteiger partial charge in [0.1, 0.15) is 17.9 Å². The number of nitrogens with zero attached hydrogens (tertiary/aromatic N) is 2. The van der Waals surface area contributed by atoms with Gasteiger partial charge in [-0.25, -0.2) is 14.4 Å². The van der Waals surface area contributed by atoms with E-state index in [2.05, 4.69) is 9.97 Å². The zero-order valence-corrected chi connectivity index (χ0v) is 12.6. The van der Waals surface area contributed by atoms with E-state index in [1.54, 1.807) is 24.3 Å². The van der Waals surface area contributed by atoms with Crippen LogP contribution in [0.2, 0.25) is 5.02 Å². The lowest BCUT2D eigenvalue weighted by atomic mass is 10.1. The van der Waals surface area contributed by atoms with Crippen LogP contribution >= 0.6 is 11.6 Å². The minimum absolute atomic E-state index is 0.0340. The third-order valence-corrected chi connectivity index (χ3v) is 3.43. The van der Waals surface area contributed by atoms with E-state index in [4.69, 9.17) is 27.8 Å². The first-order valence-corrected chi connectivity index (χ1v) is 7.01. The van der Waals surface area contributed by atoms with Crippen molar-refractivity contribution in [3.05, 3.63) is 59.6 Å². The fourth-order valence-corrected chi connectivity index (χ4v) is 2.25. The third kappa shape index (κ3) is 3.17. The second-order valence-corrected chi connectivity index (χ2v) is 5.14. The molecule has 0 amide bonds. The number of ether oxygens (including phenoxy) is 1. The minimum Gasteiger partial charge on any atom is -0.439 e. The summed E-state index contributed by atoms with van der Waals surface area (Å²) in [6.45, 7) is 0. The topological polar surface area (TPSA) is 87.0 Å². The lowest BCUT2D eigenvalue weighted by Gasteiger charge is -2.10. The van der Waals surface area contributed by atoms with Crippen molar-refractivity contribution in [3.8, 4) is 22.9 Å². The van der Waals surface area contributed by atoms with Crippen LogP contribution in [0.1, 0.15) is 0 Å². The highest BCUT2D eigenvalue weighted by Crippen LogP contribution is 2.32. The molecule has 0 spiro atoms. The van der Waals surface area contributed by atoms with Crippen LogP contribution in [0.3, 0.4) is 0 Å². The number of rotatable bonds is 3. The summed E-state index contributed by atoms with van der Waals surface area (Å²) in [7, 11) is 0. The average molecular weight is 331 g/mol. The van der Waals surface area contributed by atoms with Crippen molar-refractivity contribution in [2.75, 3.05) is 11.5 Å². The summed E-state index contributed by atoms with van der Waals surface area (Å²) in [5, 5.41) is -0.0340. The van der Waals surface area contributed by atoms with Gasteiger partial charge in [-0.05, 0) is 24.3 Å². The molecule has 0 bridgehead atoms. The van der Waals surface area contributed by atoms with E-state index < -0.39 is 5.82 Å². The van der Waals surface area contributed by atoms with Crippen LogP contribution in [0, 0.1) is 5.82 Å². The highest BCUT2D eigenvalue weighted by atomic mass is 35.5. The SMILES string of the molecule is Nc1cccc(N)c1-c1cc(Oc2ccc(F)c(Cl)c2)ncn1. The molecule has 0 radical (unpaired) electrons. The van der Waals surface area contributed by atoms with Crippen LogP contribution < -0.4 is 16.2 Å². The lowest BCUT2D eigenvalue weighted by Crippen LogP contribution is -1.98. The molecule has 5 nitrogen and oxygen atoms in total. The Morgan fingerprint density at radius 2 is 1.74 bits per heavy atom. The highest BCUT2D eigenvalue weighted by molar-refractivity contribution is 6.30. The molecule has 0 atom stereocenters. The van der Waals surface area contributed by atoms with E-state index in [0.717, 1.165) is 0 Å². The Morgan fingerprint density at radius 1 is 1.00 bits per heavy atom. The van der Waals surface area contributed by atoms with E-state index >= 15 is 0 Å². The second-order valence-electron chi connectivity index (χ2n) is 4.73. The molecule has 4 N–H and O–H groups in total. The zero-order chi connectivity index (χ0) is 16.4. The number of hydrogen-bond donors (Lipinski definition) is 2. The van der Waals surface area contributed by atoms with Crippen LogP contribution in [0.15, 0.2) is 48.8 Å². The molecule has 0 aliphatic heterocycles. The molecule has 0 fully saturated rings. The number of benzene rings is 2. The van der Waals surface area contributed by atoms with Crippen LogP contribution in [0.5, 0.6) is 11.6 Å². The van der Waals surface area contributed by atoms with Gasteiger partial charge in [-0.3, -0.25) is 0 Å². The first kappa shape index (κ1) is 15.1. The van der Waals surface area contributed by atoms with Gasteiger partial charge in [-0.15, -0.1) is 0 Å². The average Bonchev–Trinajstić information content (AvgIpc) is 2.51. The van der Waals surface area contributed by atoms with E-state index in [0.29, 0.717) is 28.4 Å². The molecule has 23 heavy (non-hydrogen) atoms. The summed E-state index contributed by atoms with van der Waals surface area (Å²) in [6.07, 6.45) is 1.33. The molecule has 7 heteroatoms. The highest BCUT2D eigenvalue weighted by Gasteiger charge is 2.11. The Kier molecular flexibility index (Phi) is 3.99. The van der Waals surface area contributed by atoms with Crippen molar-refractivity contribution in [2.24, 2.45) is 0 Å². The van der Waals surface area contributed by atoms with Gasteiger partial charge in [-0.1, -0.05) is 17.7 Å². The summed E-state index contributed by atoms with van der Waals surface area (Å²) < 4.78 is 18.7. The van der Waals surface area contributed by atoms with Crippen molar-refractivity contribution < 1.29 is 9.13 Å². The first-order valence-electron chi connectivity index (χ1n) is 6.64. The predicted octanol–water partition coefficient (Wildman–Crippen LogP) is 3.89. The van der Waals surface area contributed by atoms with Gasteiger partial charge in [0.05, 0.1) is 10.7 Å². The molecule has 0 unspecified atom stereocenters. The maximum Gasteiger partial charge on any atom is 0.222 e. The zero-order valence-electron chi connectivity index (χ0n) is 11.8. The van der Waals surface area contributed by atoms with Gasteiger partial charge in [0.2, 0.25) is 5.88 Å². The smallest absolute Gasteiger partial charge is 0.222 e. The molecular weight excluding hydrogens is 319 g/mol. The Bertz CT molecular complexity index is 852. The molecule has 2 aromatic carbocycles. The van der Waals surface area contributed by atoms with Crippen LogP contribution in [-0.4, -0.2) is 9.97 Å². The number of aromatic nitrogens is 2. The number of nitrogens with two attached hydrogens (primary N) is 2. The fraction of sp³-hybridized carbons (Fsp3) is 0. The number of hydrogen-bond acceptors (Lipinski definition) is 5. The van der Waals surface area contributed by atoms with E-state index in [1.165, 1.54) is 24.5 Å². The molecule has 0 saturated carbocycles. The van der Waals surface area contributed by atoms with E-state index in [1.807, 2.05) is 0 Å². The fourth-order valence-electron chi connectivity index (χ4n) is 2.08. The monoisotopic (exact) mass is 330 g/mol. The summed E-state index contributed by atoms with van der Waals surface area (Å²) in [6, 6.07) is 10.8. The molecule has 1 heterocycles. The van der Waals surface area contributed by atoms with Crippen molar-refractivity contribution in [2.45, 2.75) is 0 Å². The van der Waals surface area contributed by atoms with Gasteiger partial charge in [-0.2, -0.15) is 0 Å². The largest absolute Gasteiger partial charge is 0.439 e.